The lowest BCUT2D eigenvalue weighted by molar-refractivity contribution is -0.120. The van der Waals surface area contributed by atoms with Gasteiger partial charge >= 0.3 is 0 Å². The summed E-state index contributed by atoms with van der Waals surface area (Å²) in [4.78, 5) is 17.2. The fraction of sp³-hybridized carbons (Fsp3) is 0.250. The molecule has 1 fully saturated rings. The number of halogens is 1. The van der Waals surface area contributed by atoms with E-state index in [1.54, 1.807) is 19.2 Å². The number of benzene rings is 2. The number of H-pyrrole nitrogens is 1. The largest absolute Gasteiger partial charge is 0.497 e. The first kappa shape index (κ1) is 18.5. The van der Waals surface area contributed by atoms with Gasteiger partial charge in [-0.05, 0) is 54.8 Å². The van der Waals surface area contributed by atoms with Crippen LogP contribution >= 0.6 is 11.8 Å². The van der Waals surface area contributed by atoms with Crippen molar-refractivity contribution in [2.75, 3.05) is 7.11 Å². The molecule has 2 aromatic carbocycles. The highest BCUT2D eigenvalue weighted by Crippen LogP contribution is 2.35. The molecule has 0 radical (unpaired) electrons. The lowest BCUT2D eigenvalue weighted by atomic mass is 10.1. The van der Waals surface area contributed by atoms with Crippen molar-refractivity contribution < 1.29 is 13.9 Å². The number of nitrogens with zero attached hydrogens (tertiary/aromatic N) is 2. The molecule has 1 aliphatic rings. The van der Waals surface area contributed by atoms with Crippen LogP contribution in [0.5, 0.6) is 5.75 Å². The van der Waals surface area contributed by atoms with Crippen LogP contribution < -0.4 is 10.1 Å². The topological polar surface area (TPSA) is 79.9 Å². The van der Waals surface area contributed by atoms with Gasteiger partial charge in [-0.3, -0.25) is 9.89 Å². The van der Waals surface area contributed by atoms with Crippen LogP contribution in [0, 0.1) is 5.82 Å². The zero-order chi connectivity index (χ0) is 19.5. The van der Waals surface area contributed by atoms with Crippen LogP contribution in [0.3, 0.4) is 0 Å². The standard InChI is InChI=1S/C20H19FN4O2S/c1-27-16-10-4-13(5-11-16)18-23-20(25-24-18)28-17(19(26)22-15-8-9-15)12-2-6-14(21)7-3-12/h2-7,10-11,15,17H,8-9H2,1H3,(H,22,26)(H,23,24,25)/t17-/m1/s1. The molecule has 4 rings (SSSR count). The van der Waals surface area contributed by atoms with Gasteiger partial charge in [0.05, 0.1) is 7.11 Å². The molecule has 1 atom stereocenters. The highest BCUT2D eigenvalue weighted by Gasteiger charge is 2.30. The number of aromatic amines is 1. The summed E-state index contributed by atoms with van der Waals surface area (Å²) in [5, 5.41) is 10.0. The van der Waals surface area contributed by atoms with Gasteiger partial charge in [0.15, 0.2) is 5.82 Å². The Balaban J connectivity index is 1.55. The van der Waals surface area contributed by atoms with Gasteiger partial charge in [-0.15, -0.1) is 5.10 Å². The molecule has 144 valence electrons. The molecule has 1 amide bonds. The molecule has 1 aliphatic carbocycles. The summed E-state index contributed by atoms with van der Waals surface area (Å²) in [5.74, 6) is 0.904. The van der Waals surface area contributed by atoms with E-state index in [-0.39, 0.29) is 17.8 Å². The van der Waals surface area contributed by atoms with Gasteiger partial charge in [-0.2, -0.15) is 0 Å². The number of methoxy groups -OCH3 is 1. The first-order chi connectivity index (χ1) is 13.6. The Bertz CT molecular complexity index is 955. The molecule has 3 aromatic rings. The van der Waals surface area contributed by atoms with Crippen LogP contribution in [-0.2, 0) is 4.79 Å². The SMILES string of the molecule is COc1ccc(-c2nc(S[C@@H](C(=O)NC3CC3)c3ccc(F)cc3)n[nH]2)cc1. The number of amides is 1. The second-order valence-corrected chi connectivity index (χ2v) is 7.60. The van der Waals surface area contributed by atoms with Gasteiger partial charge in [0, 0.05) is 11.6 Å². The molecule has 2 N–H and O–H groups in total. The van der Waals surface area contributed by atoms with E-state index in [0.29, 0.717) is 16.5 Å². The van der Waals surface area contributed by atoms with Crippen molar-refractivity contribution in [3.8, 4) is 17.1 Å². The number of hydrogen-bond donors (Lipinski definition) is 2. The lowest BCUT2D eigenvalue weighted by Gasteiger charge is -2.15. The summed E-state index contributed by atoms with van der Waals surface area (Å²) in [7, 11) is 1.61. The molecular weight excluding hydrogens is 379 g/mol. The molecule has 0 saturated heterocycles. The Labute approximate surface area is 165 Å². The molecule has 8 heteroatoms. The maximum absolute atomic E-state index is 13.3. The average Bonchev–Trinajstić information content (AvgIpc) is 3.41. The van der Waals surface area contributed by atoms with E-state index >= 15 is 0 Å². The summed E-state index contributed by atoms with van der Waals surface area (Å²) >= 11 is 1.24. The fourth-order valence-electron chi connectivity index (χ4n) is 2.70. The van der Waals surface area contributed by atoms with E-state index in [0.717, 1.165) is 24.2 Å². The van der Waals surface area contributed by atoms with Gasteiger partial charge in [-0.1, -0.05) is 23.9 Å². The third kappa shape index (κ3) is 4.33. The molecule has 6 nitrogen and oxygen atoms in total. The van der Waals surface area contributed by atoms with Crippen LogP contribution in [0.1, 0.15) is 23.7 Å². The number of carbonyl (C=O) groups is 1. The van der Waals surface area contributed by atoms with E-state index < -0.39 is 5.25 Å². The van der Waals surface area contributed by atoms with Crippen LogP contribution in [0.15, 0.2) is 53.7 Å². The normalized spacial score (nSPS) is 14.5. The average molecular weight is 398 g/mol. The first-order valence-electron chi connectivity index (χ1n) is 8.91. The Kier molecular flexibility index (Phi) is 5.29. The minimum Gasteiger partial charge on any atom is -0.497 e. The number of carbonyl (C=O) groups excluding carboxylic acids is 1. The molecule has 0 aliphatic heterocycles. The maximum Gasteiger partial charge on any atom is 0.238 e. The number of aromatic nitrogens is 3. The van der Waals surface area contributed by atoms with E-state index in [1.807, 2.05) is 24.3 Å². The maximum atomic E-state index is 13.3. The second-order valence-electron chi connectivity index (χ2n) is 6.53. The van der Waals surface area contributed by atoms with Crippen molar-refractivity contribution in [1.82, 2.24) is 20.5 Å². The zero-order valence-electron chi connectivity index (χ0n) is 15.2. The number of nitrogens with one attached hydrogen (secondary N) is 2. The second kappa shape index (κ2) is 8.02. The quantitative estimate of drug-likeness (QED) is 0.593. The predicted molar refractivity (Wildman–Crippen MR) is 105 cm³/mol. The van der Waals surface area contributed by atoms with Gasteiger partial charge in [0.25, 0.3) is 0 Å². The van der Waals surface area contributed by atoms with E-state index in [1.165, 1.54) is 23.9 Å². The molecule has 1 saturated carbocycles. The van der Waals surface area contributed by atoms with Gasteiger partial charge in [-0.25, -0.2) is 9.37 Å². The van der Waals surface area contributed by atoms with Crippen molar-refractivity contribution in [2.45, 2.75) is 29.3 Å². The highest BCUT2D eigenvalue weighted by molar-refractivity contribution is 8.00. The molecule has 1 heterocycles. The van der Waals surface area contributed by atoms with Crippen molar-refractivity contribution in [3.63, 3.8) is 0 Å². The minimum atomic E-state index is -0.555. The van der Waals surface area contributed by atoms with Crippen LogP contribution in [0.25, 0.3) is 11.4 Å². The Morgan fingerprint density at radius 1 is 1.21 bits per heavy atom. The molecule has 0 bridgehead atoms. The van der Waals surface area contributed by atoms with Crippen molar-refractivity contribution in [2.24, 2.45) is 0 Å². The van der Waals surface area contributed by atoms with Crippen LogP contribution in [0.4, 0.5) is 4.39 Å². The van der Waals surface area contributed by atoms with Crippen LogP contribution in [0.2, 0.25) is 0 Å². The van der Waals surface area contributed by atoms with Crippen molar-refractivity contribution in [1.29, 1.82) is 0 Å². The van der Waals surface area contributed by atoms with Gasteiger partial charge in [0.1, 0.15) is 16.8 Å². The predicted octanol–water partition coefficient (Wildman–Crippen LogP) is 3.73. The number of rotatable bonds is 7. The summed E-state index contributed by atoms with van der Waals surface area (Å²) in [6.07, 6.45) is 1.99. The number of hydrogen-bond acceptors (Lipinski definition) is 5. The monoisotopic (exact) mass is 398 g/mol. The molecule has 1 aromatic heterocycles. The van der Waals surface area contributed by atoms with Gasteiger partial charge < -0.3 is 10.1 Å². The van der Waals surface area contributed by atoms with E-state index in [2.05, 4.69) is 20.5 Å². The third-order valence-corrected chi connectivity index (χ3v) is 5.50. The summed E-state index contributed by atoms with van der Waals surface area (Å²) < 4.78 is 18.5. The summed E-state index contributed by atoms with van der Waals surface area (Å²) in [5.41, 5.74) is 1.57. The number of ether oxygens (including phenoxy) is 1. The number of thioether (sulfide) groups is 1. The molecule has 28 heavy (non-hydrogen) atoms. The Hall–Kier alpha value is -2.87. The van der Waals surface area contributed by atoms with Gasteiger partial charge in [0.2, 0.25) is 11.1 Å². The highest BCUT2D eigenvalue weighted by atomic mass is 32.2. The van der Waals surface area contributed by atoms with Crippen molar-refractivity contribution >= 4 is 17.7 Å². The minimum absolute atomic E-state index is 0.116. The van der Waals surface area contributed by atoms with Crippen molar-refractivity contribution in [3.05, 3.63) is 59.9 Å². The lowest BCUT2D eigenvalue weighted by Crippen LogP contribution is -2.29. The summed E-state index contributed by atoms with van der Waals surface area (Å²) in [6, 6.07) is 13.6. The fourth-order valence-corrected chi connectivity index (χ4v) is 3.62. The Morgan fingerprint density at radius 2 is 1.93 bits per heavy atom. The summed E-state index contributed by atoms with van der Waals surface area (Å²) in [6.45, 7) is 0. The van der Waals surface area contributed by atoms with E-state index in [4.69, 9.17) is 4.74 Å². The van der Waals surface area contributed by atoms with E-state index in [9.17, 15) is 9.18 Å². The smallest absolute Gasteiger partial charge is 0.238 e. The molecule has 0 spiro atoms. The van der Waals surface area contributed by atoms with Crippen LogP contribution in [-0.4, -0.2) is 34.2 Å². The zero-order valence-corrected chi connectivity index (χ0v) is 16.0. The molecule has 0 unspecified atom stereocenters. The Morgan fingerprint density at radius 3 is 2.57 bits per heavy atom. The molecular formula is C20H19FN4O2S. The third-order valence-electron chi connectivity index (χ3n) is 4.39. The first-order valence-corrected chi connectivity index (χ1v) is 9.79.